The molecule has 234 valence electrons. The monoisotopic (exact) mass is 656 g/mol. The van der Waals surface area contributed by atoms with E-state index in [4.69, 9.17) is 15.0 Å². The lowest BCUT2D eigenvalue weighted by Crippen LogP contribution is -2.01. The molecule has 0 N–H and O–H groups in total. The molecule has 0 spiro atoms. The van der Waals surface area contributed by atoms with Crippen LogP contribution in [0.1, 0.15) is 0 Å². The predicted octanol–water partition coefficient (Wildman–Crippen LogP) is 12.0. The highest BCUT2D eigenvalue weighted by Gasteiger charge is 2.22. The molecule has 0 aliphatic rings. The predicted molar refractivity (Wildman–Crippen MR) is 209 cm³/mol. The van der Waals surface area contributed by atoms with Crippen molar-refractivity contribution in [2.75, 3.05) is 0 Å². The quantitative estimate of drug-likeness (QED) is 0.185. The molecule has 0 fully saturated rings. The first-order chi connectivity index (χ1) is 24.8. The molecule has 0 aliphatic carbocycles. The van der Waals surface area contributed by atoms with E-state index in [1.165, 1.54) is 47.6 Å². The van der Waals surface area contributed by atoms with Gasteiger partial charge in [-0.25, -0.2) is 15.0 Å². The van der Waals surface area contributed by atoms with Gasteiger partial charge in [-0.05, 0) is 29.8 Å². The summed E-state index contributed by atoms with van der Waals surface area (Å²) >= 11 is 1.81. The van der Waals surface area contributed by atoms with Crippen LogP contribution in [0.5, 0.6) is 0 Å². The van der Waals surface area contributed by atoms with Gasteiger partial charge in [-0.2, -0.15) is 0 Å². The number of aromatic nitrogens is 4. The smallest absolute Gasteiger partial charge is 0.164 e. The molecule has 0 saturated carbocycles. The molecule has 10 rings (SSSR count). The zero-order valence-electron chi connectivity index (χ0n) is 26.9. The molecule has 10 aromatic rings. The van der Waals surface area contributed by atoms with Crippen molar-refractivity contribution < 1.29 is 0 Å². The fraction of sp³-hybridized carbons (Fsp3) is 0. The van der Waals surface area contributed by atoms with Gasteiger partial charge < -0.3 is 4.57 Å². The van der Waals surface area contributed by atoms with Crippen LogP contribution >= 0.6 is 11.3 Å². The van der Waals surface area contributed by atoms with Crippen molar-refractivity contribution in [3.05, 3.63) is 170 Å². The maximum atomic E-state index is 5.15. The molecule has 0 aliphatic heterocycles. The molecule has 0 atom stereocenters. The Labute approximate surface area is 292 Å². The largest absolute Gasteiger partial charge is 0.308 e. The molecular weight excluding hydrogens is 629 g/mol. The Morgan fingerprint density at radius 1 is 0.400 bits per heavy atom. The molecule has 0 amide bonds. The maximum Gasteiger partial charge on any atom is 0.164 e. The molecule has 0 radical (unpaired) electrons. The lowest BCUT2D eigenvalue weighted by atomic mass is 10.0. The van der Waals surface area contributed by atoms with Gasteiger partial charge in [0.2, 0.25) is 0 Å². The van der Waals surface area contributed by atoms with Crippen molar-refractivity contribution in [3.63, 3.8) is 0 Å². The minimum absolute atomic E-state index is 0.641. The van der Waals surface area contributed by atoms with Crippen LogP contribution in [0.2, 0.25) is 0 Å². The Morgan fingerprint density at radius 3 is 1.62 bits per heavy atom. The summed E-state index contributed by atoms with van der Waals surface area (Å²) in [6, 6.07) is 59.7. The average molecular weight is 657 g/mol. The Balaban J connectivity index is 1.33. The number of para-hydroxylation sites is 2. The zero-order chi connectivity index (χ0) is 33.0. The van der Waals surface area contributed by atoms with E-state index in [-0.39, 0.29) is 0 Å². The van der Waals surface area contributed by atoms with Gasteiger partial charge in [0.25, 0.3) is 0 Å². The lowest BCUT2D eigenvalue weighted by Gasteiger charge is -2.15. The van der Waals surface area contributed by atoms with E-state index in [0.29, 0.717) is 17.5 Å². The molecule has 50 heavy (non-hydrogen) atoms. The van der Waals surface area contributed by atoms with Crippen molar-refractivity contribution in [3.8, 4) is 51.0 Å². The highest BCUT2D eigenvalue weighted by atomic mass is 32.1. The van der Waals surface area contributed by atoms with Gasteiger partial charge in [0.05, 0.1) is 16.7 Å². The highest BCUT2D eigenvalue weighted by Crippen LogP contribution is 2.45. The number of thiophene rings is 1. The van der Waals surface area contributed by atoms with Crippen LogP contribution in [0.15, 0.2) is 170 Å². The number of hydrogen-bond donors (Lipinski definition) is 0. The first-order valence-corrected chi connectivity index (χ1v) is 17.5. The van der Waals surface area contributed by atoms with E-state index in [1.54, 1.807) is 0 Å². The minimum atomic E-state index is 0.641. The topological polar surface area (TPSA) is 43.6 Å². The van der Waals surface area contributed by atoms with Crippen molar-refractivity contribution >= 4 is 53.3 Å². The summed E-state index contributed by atoms with van der Waals surface area (Å²) in [6.07, 6.45) is 0. The molecule has 5 heteroatoms. The standard InChI is InChI=1S/C45H28N4S/c1-4-15-29(16-5-1)33-23-14-24-35-34-21-10-12-25-37(34)49(42(33)35)38-27-32(28-40-41(38)36-22-11-13-26-39(36)50-40)45-47-43(30-17-6-2-7-18-30)46-44(48-45)31-19-8-3-9-20-31/h1-28H. The van der Waals surface area contributed by atoms with Crippen LogP contribution in [-0.2, 0) is 0 Å². The molecule has 3 heterocycles. The van der Waals surface area contributed by atoms with E-state index < -0.39 is 0 Å². The van der Waals surface area contributed by atoms with E-state index in [9.17, 15) is 0 Å². The SMILES string of the molecule is c1ccc(-c2nc(-c3ccccc3)nc(-c3cc(-n4c5ccccc5c5cccc(-c6ccccc6)c54)c4c(c3)sc3ccccc34)n2)cc1. The van der Waals surface area contributed by atoms with Crippen LogP contribution in [0.4, 0.5) is 0 Å². The summed E-state index contributed by atoms with van der Waals surface area (Å²) in [5.74, 6) is 1.94. The van der Waals surface area contributed by atoms with Gasteiger partial charge in [-0.1, -0.05) is 146 Å². The highest BCUT2D eigenvalue weighted by molar-refractivity contribution is 7.26. The summed E-state index contributed by atoms with van der Waals surface area (Å²) in [6.45, 7) is 0. The van der Waals surface area contributed by atoms with E-state index >= 15 is 0 Å². The second-order valence-electron chi connectivity index (χ2n) is 12.4. The van der Waals surface area contributed by atoms with E-state index in [0.717, 1.165) is 27.9 Å². The molecular formula is C45H28N4S. The summed E-state index contributed by atoms with van der Waals surface area (Å²) in [7, 11) is 0. The Hall–Kier alpha value is -6.43. The van der Waals surface area contributed by atoms with Gasteiger partial charge in [0, 0.05) is 53.2 Å². The fourth-order valence-electron chi connectivity index (χ4n) is 7.20. The third-order valence-electron chi connectivity index (χ3n) is 9.44. The second kappa shape index (κ2) is 11.6. The Morgan fingerprint density at radius 2 is 0.940 bits per heavy atom. The zero-order valence-corrected chi connectivity index (χ0v) is 27.7. The number of hydrogen-bond acceptors (Lipinski definition) is 4. The van der Waals surface area contributed by atoms with E-state index in [2.05, 4.69) is 138 Å². The van der Waals surface area contributed by atoms with E-state index in [1.807, 2.05) is 47.7 Å². The second-order valence-corrected chi connectivity index (χ2v) is 13.5. The van der Waals surface area contributed by atoms with Crippen molar-refractivity contribution in [2.24, 2.45) is 0 Å². The summed E-state index contributed by atoms with van der Waals surface area (Å²) in [4.78, 5) is 15.3. The summed E-state index contributed by atoms with van der Waals surface area (Å²) in [5.41, 5.74) is 8.66. The number of nitrogens with zero attached hydrogens (tertiary/aromatic N) is 4. The fourth-order valence-corrected chi connectivity index (χ4v) is 8.36. The van der Waals surface area contributed by atoms with Crippen LogP contribution in [0.3, 0.4) is 0 Å². The third kappa shape index (κ3) is 4.63. The van der Waals surface area contributed by atoms with Crippen LogP contribution in [0, 0.1) is 0 Å². The Bertz CT molecular complexity index is 2800. The summed E-state index contributed by atoms with van der Waals surface area (Å²) < 4.78 is 4.90. The lowest BCUT2D eigenvalue weighted by molar-refractivity contribution is 1.07. The van der Waals surface area contributed by atoms with Crippen molar-refractivity contribution in [1.29, 1.82) is 0 Å². The van der Waals surface area contributed by atoms with Crippen molar-refractivity contribution in [1.82, 2.24) is 19.5 Å². The molecule has 7 aromatic carbocycles. The van der Waals surface area contributed by atoms with Gasteiger partial charge in [-0.15, -0.1) is 11.3 Å². The number of fused-ring (bicyclic) bond motifs is 6. The van der Waals surface area contributed by atoms with Gasteiger partial charge in [0.1, 0.15) is 0 Å². The van der Waals surface area contributed by atoms with Crippen molar-refractivity contribution in [2.45, 2.75) is 0 Å². The van der Waals surface area contributed by atoms with Gasteiger partial charge >= 0.3 is 0 Å². The molecule has 0 unspecified atom stereocenters. The molecule has 0 saturated heterocycles. The third-order valence-corrected chi connectivity index (χ3v) is 10.6. The first kappa shape index (κ1) is 28.6. The molecule has 3 aromatic heterocycles. The Kier molecular flexibility index (Phi) is 6.64. The van der Waals surface area contributed by atoms with Gasteiger partial charge in [0.15, 0.2) is 17.5 Å². The molecule has 4 nitrogen and oxygen atoms in total. The molecule has 0 bridgehead atoms. The normalized spacial score (nSPS) is 11.6. The van der Waals surface area contributed by atoms with Crippen LogP contribution < -0.4 is 0 Å². The summed E-state index contributed by atoms with van der Waals surface area (Å²) in [5, 5.41) is 4.90. The first-order valence-electron chi connectivity index (χ1n) is 16.7. The van der Waals surface area contributed by atoms with Gasteiger partial charge in [-0.3, -0.25) is 0 Å². The average Bonchev–Trinajstić information content (AvgIpc) is 3.74. The van der Waals surface area contributed by atoms with Crippen LogP contribution in [-0.4, -0.2) is 19.5 Å². The maximum absolute atomic E-state index is 5.15. The number of benzene rings is 7. The number of rotatable bonds is 5. The minimum Gasteiger partial charge on any atom is -0.308 e. The van der Waals surface area contributed by atoms with Crippen LogP contribution in [0.25, 0.3) is 93.0 Å².